The van der Waals surface area contributed by atoms with E-state index in [9.17, 15) is 13.2 Å². The number of ether oxygens (including phenoxy) is 2. The minimum atomic E-state index is -4.33. The average molecular weight is 388 g/mol. The van der Waals surface area contributed by atoms with E-state index in [4.69, 9.17) is 9.47 Å². The van der Waals surface area contributed by atoms with Crippen LogP contribution in [0, 0.1) is 6.92 Å². The maximum atomic E-state index is 12.6. The van der Waals surface area contributed by atoms with Crippen LogP contribution in [0.5, 0.6) is 17.2 Å². The summed E-state index contributed by atoms with van der Waals surface area (Å²) in [6.07, 6.45) is -4.33. The van der Waals surface area contributed by atoms with Crippen molar-refractivity contribution in [1.82, 2.24) is 0 Å². The zero-order valence-corrected chi connectivity index (χ0v) is 16.1. The zero-order chi connectivity index (χ0) is 20.6. The number of hydrogen-bond acceptors (Lipinski definition) is 2. The summed E-state index contributed by atoms with van der Waals surface area (Å²) in [5.41, 5.74) is 1.13. The Morgan fingerprint density at radius 2 is 1.36 bits per heavy atom. The molecule has 0 spiro atoms. The third-order valence-electron chi connectivity index (χ3n) is 3.75. The molecule has 0 N–H and O–H groups in total. The van der Waals surface area contributed by atoms with Crippen LogP contribution in [0.4, 0.5) is 13.2 Å². The molecule has 28 heavy (non-hydrogen) atoms. The van der Waals surface area contributed by atoms with Crippen molar-refractivity contribution >= 4 is 0 Å². The first-order valence-corrected chi connectivity index (χ1v) is 9.04. The van der Waals surface area contributed by atoms with E-state index in [1.807, 2.05) is 51.1 Å². The van der Waals surface area contributed by atoms with Crippen LogP contribution in [0.25, 0.3) is 0 Å². The molecule has 0 saturated carbocycles. The molecule has 0 aromatic heterocycles. The highest BCUT2D eigenvalue weighted by atomic mass is 19.4. The first-order chi connectivity index (χ1) is 13.4. The van der Waals surface area contributed by atoms with Crippen LogP contribution in [-0.2, 0) is 12.8 Å². The van der Waals surface area contributed by atoms with Crippen LogP contribution < -0.4 is 9.47 Å². The van der Waals surface area contributed by atoms with Gasteiger partial charge in [-0.1, -0.05) is 49.7 Å². The van der Waals surface area contributed by atoms with Crippen molar-refractivity contribution in [3.05, 3.63) is 89.5 Å². The fourth-order valence-electron chi connectivity index (χ4n) is 2.33. The third kappa shape index (κ3) is 6.34. The second kappa shape index (κ2) is 9.83. The van der Waals surface area contributed by atoms with Gasteiger partial charge in [0, 0.05) is 6.07 Å². The van der Waals surface area contributed by atoms with Gasteiger partial charge in [0.25, 0.3) is 0 Å². The summed E-state index contributed by atoms with van der Waals surface area (Å²) in [6, 6.07) is 19.7. The Kier molecular flexibility index (Phi) is 7.50. The number of benzene rings is 3. The highest BCUT2D eigenvalue weighted by Crippen LogP contribution is 2.29. The Hall–Kier alpha value is -2.95. The molecule has 3 aromatic rings. The predicted octanol–water partition coefficient (Wildman–Crippen LogP) is 7.41. The van der Waals surface area contributed by atoms with Gasteiger partial charge in [0.15, 0.2) is 0 Å². The Morgan fingerprint density at radius 1 is 0.750 bits per heavy atom. The van der Waals surface area contributed by atoms with Gasteiger partial charge in [-0.05, 0) is 48.9 Å². The third-order valence-corrected chi connectivity index (χ3v) is 3.75. The van der Waals surface area contributed by atoms with Crippen LogP contribution in [-0.4, -0.2) is 0 Å². The Balaban J connectivity index is 0.00000136. The van der Waals surface area contributed by atoms with Gasteiger partial charge in [-0.2, -0.15) is 13.2 Å². The summed E-state index contributed by atoms with van der Waals surface area (Å²) in [6.45, 7) is 6.17. The second-order valence-corrected chi connectivity index (χ2v) is 5.87. The summed E-state index contributed by atoms with van der Waals surface area (Å²) in [4.78, 5) is 0. The van der Waals surface area contributed by atoms with Crippen LogP contribution in [0.15, 0.2) is 72.8 Å². The molecule has 5 heteroatoms. The fraction of sp³-hybridized carbons (Fsp3) is 0.217. The highest BCUT2D eigenvalue weighted by Gasteiger charge is 2.29. The Bertz CT molecular complexity index is 854. The molecule has 0 amide bonds. The second-order valence-electron chi connectivity index (χ2n) is 5.87. The number of alkyl halides is 3. The minimum absolute atomic E-state index is 0.173. The number of rotatable bonds is 5. The van der Waals surface area contributed by atoms with Gasteiger partial charge in [-0.25, -0.2) is 0 Å². The number of aryl methyl sites for hydroxylation is 1. The lowest BCUT2D eigenvalue weighted by atomic mass is 10.1. The SMILES string of the molecule is CC.Cc1ccc(Oc2cccc(OCc3ccc(C(F)(F)F)cc3)c2)cc1. The van der Waals surface area contributed by atoms with Crippen molar-refractivity contribution in [3.63, 3.8) is 0 Å². The quantitative estimate of drug-likeness (QED) is 0.453. The smallest absolute Gasteiger partial charge is 0.416 e. The number of halogens is 3. The molecule has 0 atom stereocenters. The van der Waals surface area contributed by atoms with E-state index in [-0.39, 0.29) is 6.61 Å². The van der Waals surface area contributed by atoms with Crippen molar-refractivity contribution < 1.29 is 22.6 Å². The van der Waals surface area contributed by atoms with Gasteiger partial charge in [0.1, 0.15) is 23.9 Å². The average Bonchev–Trinajstić information content (AvgIpc) is 2.70. The molecule has 3 rings (SSSR count). The number of hydrogen-bond donors (Lipinski definition) is 0. The lowest BCUT2D eigenvalue weighted by Crippen LogP contribution is -2.05. The van der Waals surface area contributed by atoms with E-state index >= 15 is 0 Å². The van der Waals surface area contributed by atoms with Gasteiger partial charge in [0.05, 0.1) is 5.56 Å². The van der Waals surface area contributed by atoms with E-state index < -0.39 is 11.7 Å². The molecule has 0 bridgehead atoms. The topological polar surface area (TPSA) is 18.5 Å². The van der Waals surface area contributed by atoms with Crippen molar-refractivity contribution in [1.29, 1.82) is 0 Å². The van der Waals surface area contributed by atoms with Crippen LogP contribution in [0.1, 0.15) is 30.5 Å². The first kappa shape index (κ1) is 21.4. The maximum Gasteiger partial charge on any atom is 0.416 e. The fourth-order valence-corrected chi connectivity index (χ4v) is 2.33. The van der Waals surface area contributed by atoms with Gasteiger partial charge >= 0.3 is 6.18 Å². The lowest BCUT2D eigenvalue weighted by Gasteiger charge is -2.11. The molecular weight excluding hydrogens is 365 g/mol. The summed E-state index contributed by atoms with van der Waals surface area (Å²) in [5, 5.41) is 0. The van der Waals surface area contributed by atoms with Crippen molar-refractivity contribution in [2.24, 2.45) is 0 Å². The van der Waals surface area contributed by atoms with E-state index in [0.717, 1.165) is 23.4 Å². The van der Waals surface area contributed by atoms with Crippen molar-refractivity contribution in [2.45, 2.75) is 33.6 Å². The minimum Gasteiger partial charge on any atom is -0.489 e. The molecule has 0 radical (unpaired) electrons. The van der Waals surface area contributed by atoms with Crippen LogP contribution in [0.3, 0.4) is 0 Å². The summed E-state index contributed by atoms with van der Waals surface area (Å²) < 4.78 is 49.1. The Labute approximate surface area is 163 Å². The van der Waals surface area contributed by atoms with E-state index in [1.165, 1.54) is 12.1 Å². The molecule has 0 fully saturated rings. The molecule has 2 nitrogen and oxygen atoms in total. The molecule has 0 unspecified atom stereocenters. The molecule has 148 valence electrons. The van der Waals surface area contributed by atoms with Gasteiger partial charge in [-0.15, -0.1) is 0 Å². The summed E-state index contributed by atoms with van der Waals surface area (Å²) in [5.74, 6) is 1.92. The monoisotopic (exact) mass is 388 g/mol. The largest absolute Gasteiger partial charge is 0.489 e. The predicted molar refractivity (Wildman–Crippen MR) is 105 cm³/mol. The van der Waals surface area contributed by atoms with Crippen molar-refractivity contribution in [2.75, 3.05) is 0 Å². The molecule has 0 heterocycles. The Morgan fingerprint density at radius 3 is 1.96 bits per heavy atom. The molecule has 3 aromatic carbocycles. The highest BCUT2D eigenvalue weighted by molar-refractivity contribution is 5.37. The molecule has 0 aliphatic rings. The molecule has 0 aliphatic carbocycles. The van der Waals surface area contributed by atoms with E-state index in [2.05, 4.69) is 0 Å². The lowest BCUT2D eigenvalue weighted by molar-refractivity contribution is -0.137. The van der Waals surface area contributed by atoms with E-state index in [1.54, 1.807) is 18.2 Å². The standard InChI is InChI=1S/C21H17F3O2.C2H6/c1-15-5-11-18(12-6-15)26-20-4-2-3-19(13-20)25-14-16-7-9-17(10-8-16)21(22,23)24;1-2/h2-13H,14H2,1H3;1-2H3. The van der Waals surface area contributed by atoms with E-state index in [0.29, 0.717) is 17.1 Å². The summed E-state index contributed by atoms with van der Waals surface area (Å²) >= 11 is 0. The van der Waals surface area contributed by atoms with Gasteiger partial charge < -0.3 is 9.47 Å². The van der Waals surface area contributed by atoms with Gasteiger partial charge in [-0.3, -0.25) is 0 Å². The first-order valence-electron chi connectivity index (χ1n) is 9.04. The zero-order valence-electron chi connectivity index (χ0n) is 16.1. The molecule has 0 aliphatic heterocycles. The maximum absolute atomic E-state index is 12.6. The summed E-state index contributed by atoms with van der Waals surface area (Å²) in [7, 11) is 0. The molecule has 0 saturated heterocycles. The van der Waals surface area contributed by atoms with Crippen LogP contribution >= 0.6 is 0 Å². The van der Waals surface area contributed by atoms with Gasteiger partial charge in [0.2, 0.25) is 0 Å². The molecular formula is C23H23F3O2. The normalized spacial score (nSPS) is 10.6. The van der Waals surface area contributed by atoms with Crippen molar-refractivity contribution in [3.8, 4) is 17.2 Å². The van der Waals surface area contributed by atoms with Crippen LogP contribution in [0.2, 0.25) is 0 Å².